The minimum atomic E-state index is 0.0791. The third-order valence-electron chi connectivity index (χ3n) is 5.44. The second-order valence-electron chi connectivity index (χ2n) is 7.68. The summed E-state index contributed by atoms with van der Waals surface area (Å²) in [4.78, 5) is 29.7. The van der Waals surface area contributed by atoms with Gasteiger partial charge < -0.3 is 20.7 Å². The van der Waals surface area contributed by atoms with Crippen molar-refractivity contribution in [3.63, 3.8) is 0 Å². The maximum atomic E-state index is 12.7. The van der Waals surface area contributed by atoms with Crippen molar-refractivity contribution in [2.45, 2.75) is 13.0 Å². The monoisotopic (exact) mass is 467 g/mol. The number of hydrogen-bond donors (Lipinski definition) is 2. The van der Waals surface area contributed by atoms with Crippen LogP contribution < -0.4 is 15.8 Å². The summed E-state index contributed by atoms with van der Waals surface area (Å²) in [5.74, 6) is 1.82. The SMILES string of the molecule is COc1ccccc1Nc1nc(N)nc(CN2CCN(C(=O)Cc3ccccc3Cl)CC2)n1. The molecule has 3 N–H and O–H groups in total. The zero-order valence-corrected chi connectivity index (χ0v) is 19.1. The quantitative estimate of drug-likeness (QED) is 0.546. The number of hydrogen-bond acceptors (Lipinski definition) is 8. The first-order valence-electron chi connectivity index (χ1n) is 10.7. The number of nitrogens with two attached hydrogens (primary N) is 1. The molecule has 1 amide bonds. The van der Waals surface area contributed by atoms with Crippen molar-refractivity contribution in [3.05, 3.63) is 64.9 Å². The molecule has 1 fully saturated rings. The Labute approximate surface area is 197 Å². The van der Waals surface area contributed by atoms with Gasteiger partial charge in [-0.15, -0.1) is 0 Å². The van der Waals surface area contributed by atoms with Crippen LogP contribution in [0, 0.1) is 0 Å². The van der Waals surface area contributed by atoms with E-state index in [9.17, 15) is 4.79 Å². The van der Waals surface area contributed by atoms with Crippen LogP contribution in [0.25, 0.3) is 0 Å². The van der Waals surface area contributed by atoms with E-state index in [1.165, 1.54) is 0 Å². The molecule has 0 aliphatic carbocycles. The third-order valence-corrected chi connectivity index (χ3v) is 5.81. The summed E-state index contributed by atoms with van der Waals surface area (Å²) in [6.45, 7) is 3.22. The van der Waals surface area contributed by atoms with Crippen molar-refractivity contribution < 1.29 is 9.53 Å². The third kappa shape index (κ3) is 5.88. The van der Waals surface area contributed by atoms with Gasteiger partial charge >= 0.3 is 0 Å². The van der Waals surface area contributed by atoms with Gasteiger partial charge in [-0.1, -0.05) is 41.9 Å². The lowest BCUT2D eigenvalue weighted by atomic mass is 10.1. The highest BCUT2D eigenvalue weighted by atomic mass is 35.5. The highest BCUT2D eigenvalue weighted by molar-refractivity contribution is 6.31. The van der Waals surface area contributed by atoms with Crippen LogP contribution in [0.15, 0.2) is 48.5 Å². The zero-order chi connectivity index (χ0) is 23.2. The number of nitrogens with zero attached hydrogens (tertiary/aromatic N) is 5. The van der Waals surface area contributed by atoms with E-state index in [2.05, 4.69) is 25.2 Å². The average molecular weight is 468 g/mol. The maximum Gasteiger partial charge on any atom is 0.232 e. The number of nitrogens with one attached hydrogen (secondary N) is 1. The van der Waals surface area contributed by atoms with Gasteiger partial charge in [0.2, 0.25) is 17.8 Å². The number of halogens is 1. The van der Waals surface area contributed by atoms with Crippen molar-refractivity contribution in [1.82, 2.24) is 24.8 Å². The highest BCUT2D eigenvalue weighted by Crippen LogP contribution is 2.25. The Kier molecular flexibility index (Phi) is 7.21. The molecule has 1 aromatic heterocycles. The van der Waals surface area contributed by atoms with Gasteiger partial charge in [0.1, 0.15) is 11.6 Å². The normalized spacial score (nSPS) is 14.2. The molecule has 0 spiro atoms. The fraction of sp³-hybridized carbons (Fsp3) is 0.304. The fourth-order valence-corrected chi connectivity index (χ4v) is 3.91. The van der Waals surface area contributed by atoms with E-state index in [1.807, 2.05) is 47.4 Å². The highest BCUT2D eigenvalue weighted by Gasteiger charge is 2.22. The van der Waals surface area contributed by atoms with Crippen molar-refractivity contribution in [3.8, 4) is 5.75 Å². The summed E-state index contributed by atoms with van der Waals surface area (Å²) in [5, 5.41) is 3.76. The fourth-order valence-electron chi connectivity index (χ4n) is 3.70. The van der Waals surface area contributed by atoms with Gasteiger partial charge in [0.15, 0.2) is 0 Å². The second-order valence-corrected chi connectivity index (χ2v) is 8.09. The van der Waals surface area contributed by atoms with Gasteiger partial charge in [0.05, 0.1) is 25.8 Å². The van der Waals surface area contributed by atoms with Gasteiger partial charge in [-0.2, -0.15) is 15.0 Å². The van der Waals surface area contributed by atoms with Crippen LogP contribution in [0.3, 0.4) is 0 Å². The Bertz CT molecular complexity index is 1120. The molecule has 9 nitrogen and oxygen atoms in total. The molecule has 1 aliphatic rings. The van der Waals surface area contributed by atoms with Gasteiger partial charge in [-0.3, -0.25) is 9.69 Å². The number of amides is 1. The van der Waals surface area contributed by atoms with E-state index >= 15 is 0 Å². The molecule has 172 valence electrons. The summed E-state index contributed by atoms with van der Waals surface area (Å²) in [7, 11) is 1.60. The number of carbonyl (C=O) groups is 1. The smallest absolute Gasteiger partial charge is 0.232 e. The number of nitrogen functional groups attached to an aromatic ring is 1. The lowest BCUT2D eigenvalue weighted by Crippen LogP contribution is -2.48. The van der Waals surface area contributed by atoms with Crippen molar-refractivity contribution in [2.75, 3.05) is 44.3 Å². The number of methoxy groups -OCH3 is 1. The Morgan fingerprint density at radius 1 is 1.06 bits per heavy atom. The molecular weight excluding hydrogens is 442 g/mol. The summed E-state index contributed by atoms with van der Waals surface area (Å²) >= 11 is 6.19. The lowest BCUT2D eigenvalue weighted by molar-refractivity contribution is -0.132. The number of aromatic nitrogens is 3. The molecule has 0 unspecified atom stereocenters. The van der Waals surface area contributed by atoms with Crippen molar-refractivity contribution in [1.29, 1.82) is 0 Å². The second kappa shape index (κ2) is 10.5. The zero-order valence-electron chi connectivity index (χ0n) is 18.4. The van der Waals surface area contributed by atoms with Gasteiger partial charge in [0.25, 0.3) is 0 Å². The average Bonchev–Trinajstić information content (AvgIpc) is 2.81. The molecule has 3 aromatic rings. The minimum absolute atomic E-state index is 0.0791. The van der Waals surface area contributed by atoms with Crippen LogP contribution in [0.4, 0.5) is 17.6 Å². The van der Waals surface area contributed by atoms with E-state index in [0.29, 0.717) is 48.6 Å². The molecule has 0 saturated carbocycles. The molecular formula is C23H26ClN7O2. The first-order chi connectivity index (χ1) is 16.0. The number of benzene rings is 2. The topological polar surface area (TPSA) is 109 Å². The van der Waals surface area contributed by atoms with E-state index in [-0.39, 0.29) is 11.9 Å². The summed E-state index contributed by atoms with van der Waals surface area (Å²) in [6, 6.07) is 14.9. The van der Waals surface area contributed by atoms with Gasteiger partial charge in [-0.05, 0) is 23.8 Å². The van der Waals surface area contributed by atoms with Gasteiger partial charge in [-0.25, -0.2) is 0 Å². The predicted molar refractivity (Wildman–Crippen MR) is 128 cm³/mol. The first kappa shape index (κ1) is 22.8. The van der Waals surface area contributed by atoms with Crippen LogP contribution in [-0.4, -0.2) is 63.9 Å². The number of rotatable bonds is 7. The molecule has 0 radical (unpaired) electrons. The summed E-state index contributed by atoms with van der Waals surface area (Å²) in [6.07, 6.45) is 0.307. The van der Waals surface area contributed by atoms with Crippen LogP contribution >= 0.6 is 11.6 Å². The molecule has 0 bridgehead atoms. The standard InChI is InChI=1S/C23H26ClN7O2/c1-33-19-9-5-4-8-18(19)26-23-28-20(27-22(25)29-23)15-30-10-12-31(13-11-30)21(32)14-16-6-2-3-7-17(16)24/h2-9H,10-15H2,1H3,(H3,25,26,27,28,29). The Hall–Kier alpha value is -3.43. The minimum Gasteiger partial charge on any atom is -0.495 e. The number of para-hydroxylation sites is 2. The Balaban J connectivity index is 1.34. The molecule has 1 aliphatic heterocycles. The molecule has 0 atom stereocenters. The Morgan fingerprint density at radius 3 is 2.55 bits per heavy atom. The van der Waals surface area contributed by atoms with Gasteiger partial charge in [0, 0.05) is 31.2 Å². The predicted octanol–water partition coefficient (Wildman–Crippen LogP) is 2.75. The lowest BCUT2D eigenvalue weighted by Gasteiger charge is -2.34. The van der Waals surface area contributed by atoms with E-state index in [4.69, 9.17) is 22.1 Å². The van der Waals surface area contributed by atoms with E-state index in [0.717, 1.165) is 24.3 Å². The summed E-state index contributed by atoms with van der Waals surface area (Å²) < 4.78 is 5.36. The molecule has 4 rings (SSSR count). The van der Waals surface area contributed by atoms with Crippen LogP contribution in [0.5, 0.6) is 5.75 Å². The molecule has 33 heavy (non-hydrogen) atoms. The molecule has 1 saturated heterocycles. The first-order valence-corrected chi connectivity index (χ1v) is 11.0. The molecule has 2 aromatic carbocycles. The summed E-state index contributed by atoms with van der Waals surface area (Å²) in [5.41, 5.74) is 7.51. The number of anilines is 3. The maximum absolute atomic E-state index is 12.7. The number of ether oxygens (including phenoxy) is 1. The Morgan fingerprint density at radius 2 is 1.79 bits per heavy atom. The van der Waals surface area contributed by atoms with E-state index < -0.39 is 0 Å². The largest absolute Gasteiger partial charge is 0.495 e. The number of carbonyl (C=O) groups excluding carboxylic acids is 1. The molecule has 10 heteroatoms. The van der Waals surface area contributed by atoms with Crippen LogP contribution in [0.2, 0.25) is 5.02 Å². The van der Waals surface area contributed by atoms with E-state index in [1.54, 1.807) is 13.2 Å². The number of piperazine rings is 1. The van der Waals surface area contributed by atoms with Crippen molar-refractivity contribution >= 4 is 35.1 Å². The van der Waals surface area contributed by atoms with Crippen molar-refractivity contribution in [2.24, 2.45) is 0 Å². The molecule has 2 heterocycles. The van der Waals surface area contributed by atoms with Crippen LogP contribution in [0.1, 0.15) is 11.4 Å². The van der Waals surface area contributed by atoms with Crippen LogP contribution in [-0.2, 0) is 17.8 Å².